The van der Waals surface area contributed by atoms with E-state index in [1.165, 1.54) is 37.7 Å². The number of hydrogen-bond donors (Lipinski definition) is 2. The minimum Gasteiger partial charge on any atom is -0.392 e. The van der Waals surface area contributed by atoms with Crippen LogP contribution in [0.4, 0.5) is 0 Å². The van der Waals surface area contributed by atoms with Gasteiger partial charge in [-0.3, -0.25) is 0 Å². The van der Waals surface area contributed by atoms with Crippen LogP contribution in [0.25, 0.3) is 5.57 Å². The van der Waals surface area contributed by atoms with Crippen molar-refractivity contribution in [3.63, 3.8) is 0 Å². The van der Waals surface area contributed by atoms with E-state index in [0.717, 1.165) is 30.2 Å². The lowest BCUT2D eigenvalue weighted by molar-refractivity contribution is 0.0620. The van der Waals surface area contributed by atoms with E-state index in [-0.39, 0.29) is 6.61 Å². The molecule has 0 spiro atoms. The second-order valence-electron chi connectivity index (χ2n) is 9.98. The number of benzene rings is 1. The van der Waals surface area contributed by atoms with Gasteiger partial charge in [0, 0.05) is 0 Å². The molecule has 1 aromatic carbocycles. The van der Waals surface area contributed by atoms with Crippen LogP contribution in [-0.2, 0) is 6.61 Å². The zero-order valence-electron chi connectivity index (χ0n) is 17.7. The molecule has 2 N–H and O–H groups in total. The lowest BCUT2D eigenvalue weighted by Gasteiger charge is -2.43. The molecule has 0 aromatic heterocycles. The molecule has 1 saturated carbocycles. The molecule has 2 aliphatic rings. The molecule has 1 fully saturated rings. The second-order valence-corrected chi connectivity index (χ2v) is 9.98. The molecular weight excluding hydrogens is 332 g/mol. The highest BCUT2D eigenvalue weighted by Gasteiger charge is 2.50. The van der Waals surface area contributed by atoms with Gasteiger partial charge in [0.25, 0.3) is 0 Å². The van der Waals surface area contributed by atoms with E-state index in [9.17, 15) is 10.2 Å². The summed E-state index contributed by atoms with van der Waals surface area (Å²) in [5.41, 5.74) is 3.73. The summed E-state index contributed by atoms with van der Waals surface area (Å²) in [6.45, 7) is 8.94. The van der Waals surface area contributed by atoms with E-state index in [0.29, 0.717) is 11.3 Å². The van der Waals surface area contributed by atoms with Gasteiger partial charge in [0.15, 0.2) is 0 Å². The van der Waals surface area contributed by atoms with Gasteiger partial charge in [-0.15, -0.1) is 0 Å². The van der Waals surface area contributed by atoms with Crippen molar-refractivity contribution in [1.29, 1.82) is 0 Å². The van der Waals surface area contributed by atoms with Gasteiger partial charge in [-0.2, -0.15) is 0 Å². The quantitative estimate of drug-likeness (QED) is 0.621. The maximum atomic E-state index is 10.0. The molecule has 0 amide bonds. The molecule has 3 rings (SSSR count). The van der Waals surface area contributed by atoms with Crippen molar-refractivity contribution in [3.05, 3.63) is 41.5 Å². The fourth-order valence-corrected chi connectivity index (χ4v) is 5.93. The van der Waals surface area contributed by atoms with Crippen LogP contribution in [0.5, 0.6) is 0 Å². The standard InChI is InChI=1S/C25H38O2/c1-18(7-5-15-24(2,3)27)22-13-14-23-21(8-6-16-25(22,23)4)20-11-9-19(17-26)10-12-20/h8-12,18,22-23,26-27H,5-7,13-17H2,1-4H3/t18?,22?,23?,25-/m1/s1. The number of fused-ring (bicyclic) bond motifs is 1. The van der Waals surface area contributed by atoms with Gasteiger partial charge in [-0.1, -0.05) is 57.0 Å². The Morgan fingerprint density at radius 3 is 2.52 bits per heavy atom. The zero-order valence-corrected chi connectivity index (χ0v) is 17.7. The summed E-state index contributed by atoms with van der Waals surface area (Å²) in [5.74, 6) is 2.16. The molecule has 0 saturated heterocycles. The molecule has 4 atom stereocenters. The van der Waals surface area contributed by atoms with E-state index in [2.05, 4.69) is 44.2 Å². The first kappa shape index (κ1) is 20.6. The lowest BCUT2D eigenvalue weighted by atomic mass is 9.61. The van der Waals surface area contributed by atoms with Crippen LogP contribution in [0.2, 0.25) is 0 Å². The third-order valence-corrected chi connectivity index (χ3v) is 7.44. The Kier molecular flexibility index (Phi) is 6.17. The van der Waals surface area contributed by atoms with Gasteiger partial charge >= 0.3 is 0 Å². The van der Waals surface area contributed by atoms with Crippen molar-refractivity contribution >= 4 is 5.57 Å². The molecule has 2 nitrogen and oxygen atoms in total. The lowest BCUT2D eigenvalue weighted by Crippen LogP contribution is -2.35. The van der Waals surface area contributed by atoms with Crippen LogP contribution >= 0.6 is 0 Å². The molecule has 2 heteroatoms. The average molecular weight is 371 g/mol. The average Bonchev–Trinajstić information content (AvgIpc) is 2.97. The molecule has 1 aromatic rings. The normalized spacial score (nSPS) is 29.3. The smallest absolute Gasteiger partial charge is 0.0681 e. The largest absolute Gasteiger partial charge is 0.392 e. The van der Waals surface area contributed by atoms with Crippen LogP contribution in [-0.4, -0.2) is 15.8 Å². The number of rotatable bonds is 7. The van der Waals surface area contributed by atoms with Crippen LogP contribution in [0.15, 0.2) is 30.3 Å². The number of aliphatic hydroxyl groups excluding tert-OH is 1. The molecule has 0 aliphatic heterocycles. The molecule has 3 unspecified atom stereocenters. The Labute approximate surface area is 165 Å². The van der Waals surface area contributed by atoms with Crippen LogP contribution in [0.3, 0.4) is 0 Å². The van der Waals surface area contributed by atoms with Gasteiger partial charge in [-0.05, 0) is 85.8 Å². The highest BCUT2D eigenvalue weighted by Crippen LogP contribution is 2.60. The van der Waals surface area contributed by atoms with E-state index in [1.807, 2.05) is 13.8 Å². The van der Waals surface area contributed by atoms with Gasteiger partial charge in [-0.25, -0.2) is 0 Å². The van der Waals surface area contributed by atoms with Gasteiger partial charge < -0.3 is 10.2 Å². The molecule has 27 heavy (non-hydrogen) atoms. The Morgan fingerprint density at radius 2 is 1.89 bits per heavy atom. The van der Waals surface area contributed by atoms with Crippen molar-refractivity contribution in [2.24, 2.45) is 23.2 Å². The zero-order chi connectivity index (χ0) is 19.7. The molecule has 0 heterocycles. The fraction of sp³-hybridized carbons (Fsp3) is 0.680. The summed E-state index contributed by atoms with van der Waals surface area (Å²) in [6.07, 6.45) is 10.8. The summed E-state index contributed by atoms with van der Waals surface area (Å²) in [5, 5.41) is 19.3. The maximum absolute atomic E-state index is 10.0. The Bertz CT molecular complexity index is 652. The fourth-order valence-electron chi connectivity index (χ4n) is 5.93. The van der Waals surface area contributed by atoms with Crippen molar-refractivity contribution in [2.45, 2.75) is 84.8 Å². The van der Waals surface area contributed by atoms with Crippen LogP contribution in [0.1, 0.15) is 83.8 Å². The number of hydrogen-bond acceptors (Lipinski definition) is 2. The van der Waals surface area contributed by atoms with Crippen molar-refractivity contribution in [1.82, 2.24) is 0 Å². The first-order valence-electron chi connectivity index (χ1n) is 10.9. The van der Waals surface area contributed by atoms with Crippen LogP contribution in [0, 0.1) is 23.2 Å². The van der Waals surface area contributed by atoms with E-state index in [4.69, 9.17) is 0 Å². The highest BCUT2D eigenvalue weighted by molar-refractivity contribution is 5.69. The van der Waals surface area contributed by atoms with Crippen molar-refractivity contribution < 1.29 is 10.2 Å². The summed E-state index contributed by atoms with van der Waals surface area (Å²) < 4.78 is 0. The second kappa shape index (κ2) is 8.09. The Balaban J connectivity index is 1.71. The van der Waals surface area contributed by atoms with E-state index < -0.39 is 5.60 Å². The highest BCUT2D eigenvalue weighted by atomic mass is 16.3. The van der Waals surface area contributed by atoms with Crippen molar-refractivity contribution in [3.8, 4) is 0 Å². The molecular formula is C25H38O2. The van der Waals surface area contributed by atoms with E-state index >= 15 is 0 Å². The summed E-state index contributed by atoms with van der Waals surface area (Å²) >= 11 is 0. The maximum Gasteiger partial charge on any atom is 0.0681 e. The van der Waals surface area contributed by atoms with E-state index in [1.54, 1.807) is 5.57 Å². The number of aliphatic hydroxyl groups is 2. The SMILES string of the molecule is CC(CCCC(C)(C)O)C1CCC2C(c3ccc(CO)cc3)=CCC[C@@]21C. The predicted octanol–water partition coefficient (Wildman–Crippen LogP) is 5.97. The summed E-state index contributed by atoms with van der Waals surface area (Å²) in [4.78, 5) is 0. The topological polar surface area (TPSA) is 40.5 Å². The monoisotopic (exact) mass is 370 g/mol. The third-order valence-electron chi connectivity index (χ3n) is 7.44. The van der Waals surface area contributed by atoms with Gasteiger partial charge in [0.05, 0.1) is 12.2 Å². The minimum atomic E-state index is -0.538. The Hall–Kier alpha value is -1.12. The molecule has 2 aliphatic carbocycles. The molecule has 150 valence electrons. The minimum absolute atomic E-state index is 0.116. The molecule has 0 bridgehead atoms. The van der Waals surface area contributed by atoms with Gasteiger partial charge in [0.1, 0.15) is 0 Å². The molecule has 0 radical (unpaired) electrons. The first-order chi connectivity index (χ1) is 12.7. The predicted molar refractivity (Wildman–Crippen MR) is 113 cm³/mol. The summed E-state index contributed by atoms with van der Waals surface area (Å²) in [7, 11) is 0. The van der Waals surface area contributed by atoms with Crippen molar-refractivity contribution in [2.75, 3.05) is 0 Å². The first-order valence-corrected chi connectivity index (χ1v) is 10.9. The van der Waals surface area contributed by atoms with Crippen LogP contribution < -0.4 is 0 Å². The summed E-state index contributed by atoms with van der Waals surface area (Å²) in [6, 6.07) is 8.52. The number of allylic oxidation sites excluding steroid dienone is 2. The van der Waals surface area contributed by atoms with Gasteiger partial charge in [0.2, 0.25) is 0 Å². The Morgan fingerprint density at radius 1 is 1.19 bits per heavy atom. The third kappa shape index (κ3) is 4.49.